The Balaban J connectivity index is 2.29. The van der Waals surface area contributed by atoms with Crippen LogP contribution in [0.3, 0.4) is 0 Å². The molecular formula is C16H16BrClN2O3S. The zero-order chi connectivity index (χ0) is 17.9. The molecule has 0 aliphatic rings. The maximum Gasteiger partial charge on any atom is 0.247 e. The molecule has 0 heterocycles. The summed E-state index contributed by atoms with van der Waals surface area (Å²) in [6, 6.07) is 12.4. The molecule has 0 saturated carbocycles. The minimum absolute atomic E-state index is 0.374. The molecule has 5 nitrogen and oxygen atoms in total. The molecule has 0 radical (unpaired) electrons. The lowest BCUT2D eigenvalue weighted by atomic mass is 10.2. The first kappa shape index (κ1) is 18.8. The summed E-state index contributed by atoms with van der Waals surface area (Å²) in [5.41, 5.74) is 0.949. The van der Waals surface area contributed by atoms with Gasteiger partial charge < -0.3 is 5.32 Å². The highest BCUT2D eigenvalue weighted by molar-refractivity contribution is 9.10. The van der Waals surface area contributed by atoms with E-state index in [-0.39, 0.29) is 0 Å². The average molecular weight is 432 g/mol. The Kier molecular flexibility index (Phi) is 5.90. The Morgan fingerprint density at radius 3 is 2.38 bits per heavy atom. The van der Waals surface area contributed by atoms with Crippen LogP contribution in [0.25, 0.3) is 0 Å². The summed E-state index contributed by atoms with van der Waals surface area (Å²) in [6.07, 6.45) is 1.06. The Labute approximate surface area is 154 Å². The molecule has 0 aromatic heterocycles. The number of sulfonamides is 1. The molecule has 2 rings (SSSR count). The molecule has 1 N–H and O–H groups in total. The van der Waals surface area contributed by atoms with Gasteiger partial charge in [0.25, 0.3) is 0 Å². The van der Waals surface area contributed by atoms with Crippen LogP contribution in [-0.4, -0.2) is 26.6 Å². The number of nitrogens with zero attached hydrogens (tertiary/aromatic N) is 1. The number of benzene rings is 2. The van der Waals surface area contributed by atoms with Crippen molar-refractivity contribution < 1.29 is 13.2 Å². The van der Waals surface area contributed by atoms with E-state index >= 15 is 0 Å². The van der Waals surface area contributed by atoms with Gasteiger partial charge in [0.15, 0.2) is 0 Å². The van der Waals surface area contributed by atoms with Crippen LogP contribution in [0.2, 0.25) is 5.02 Å². The van der Waals surface area contributed by atoms with Crippen LogP contribution >= 0.6 is 27.5 Å². The third-order valence-electron chi connectivity index (χ3n) is 3.26. The first-order valence-corrected chi connectivity index (χ1v) is 10.0. The molecule has 0 unspecified atom stereocenters. The third kappa shape index (κ3) is 4.72. The average Bonchev–Trinajstić information content (AvgIpc) is 2.48. The molecule has 0 bridgehead atoms. The highest BCUT2D eigenvalue weighted by Crippen LogP contribution is 2.24. The Hall–Kier alpha value is -1.57. The van der Waals surface area contributed by atoms with Crippen molar-refractivity contribution in [2.24, 2.45) is 0 Å². The Bertz CT molecular complexity index is 841. The van der Waals surface area contributed by atoms with Gasteiger partial charge in [0.2, 0.25) is 15.9 Å². The molecule has 24 heavy (non-hydrogen) atoms. The molecule has 128 valence electrons. The van der Waals surface area contributed by atoms with Gasteiger partial charge in [-0.25, -0.2) is 8.42 Å². The molecule has 1 amide bonds. The van der Waals surface area contributed by atoms with Crippen LogP contribution in [0, 0.1) is 0 Å². The molecule has 0 aliphatic heterocycles. The molecule has 2 aromatic carbocycles. The summed E-state index contributed by atoms with van der Waals surface area (Å²) in [6.45, 7) is 1.53. The fraction of sp³-hybridized carbons (Fsp3) is 0.188. The number of hydrogen-bond donors (Lipinski definition) is 1. The first-order valence-electron chi connectivity index (χ1n) is 7.00. The Morgan fingerprint density at radius 2 is 1.83 bits per heavy atom. The number of nitrogens with one attached hydrogen (secondary N) is 1. The van der Waals surface area contributed by atoms with Gasteiger partial charge in [-0.15, -0.1) is 0 Å². The second-order valence-electron chi connectivity index (χ2n) is 5.21. The normalized spacial score (nSPS) is 12.5. The Morgan fingerprint density at radius 1 is 1.21 bits per heavy atom. The molecule has 0 saturated heterocycles. The second kappa shape index (κ2) is 7.55. The van der Waals surface area contributed by atoms with Crippen molar-refractivity contribution in [3.05, 3.63) is 58.0 Å². The van der Waals surface area contributed by atoms with Gasteiger partial charge in [-0.05, 0) is 49.4 Å². The summed E-state index contributed by atoms with van der Waals surface area (Å²) in [4.78, 5) is 12.5. The van der Waals surface area contributed by atoms with Gasteiger partial charge in [0.05, 0.1) is 11.9 Å². The van der Waals surface area contributed by atoms with Crippen LogP contribution in [0.4, 0.5) is 11.4 Å². The van der Waals surface area contributed by atoms with Gasteiger partial charge in [0, 0.05) is 15.2 Å². The first-order chi connectivity index (χ1) is 11.2. The molecule has 0 fully saturated rings. The van der Waals surface area contributed by atoms with Crippen LogP contribution < -0.4 is 9.62 Å². The van der Waals surface area contributed by atoms with E-state index in [4.69, 9.17) is 11.6 Å². The van der Waals surface area contributed by atoms with Crippen molar-refractivity contribution in [2.75, 3.05) is 15.9 Å². The minimum Gasteiger partial charge on any atom is -0.324 e. The van der Waals surface area contributed by atoms with Gasteiger partial charge in [-0.1, -0.05) is 33.6 Å². The van der Waals surface area contributed by atoms with E-state index in [1.54, 1.807) is 42.5 Å². The molecule has 2 aromatic rings. The maximum atomic E-state index is 12.5. The number of hydrogen-bond acceptors (Lipinski definition) is 3. The summed E-state index contributed by atoms with van der Waals surface area (Å²) in [7, 11) is -3.66. The number of carbonyl (C=O) groups excluding carboxylic acids is 1. The molecule has 0 aliphatic carbocycles. The smallest absolute Gasteiger partial charge is 0.247 e. The molecule has 0 spiro atoms. The van der Waals surface area contributed by atoms with Crippen molar-refractivity contribution in [3.63, 3.8) is 0 Å². The van der Waals surface area contributed by atoms with Crippen molar-refractivity contribution in [1.82, 2.24) is 0 Å². The van der Waals surface area contributed by atoms with Crippen LogP contribution in [0.15, 0.2) is 53.0 Å². The standard InChI is InChI=1S/C16H16BrClN2O3S/c1-11(16(21)19-14-5-3-4-12(17)10-14)20(24(2,22)23)15-8-6-13(18)7-9-15/h3-11H,1-2H3,(H,19,21)/t11-/m1/s1. The number of amides is 1. The van der Waals surface area contributed by atoms with Crippen LogP contribution in [-0.2, 0) is 14.8 Å². The van der Waals surface area contributed by atoms with Crippen molar-refractivity contribution in [1.29, 1.82) is 0 Å². The zero-order valence-electron chi connectivity index (χ0n) is 13.0. The van der Waals surface area contributed by atoms with E-state index in [0.29, 0.717) is 16.4 Å². The number of anilines is 2. The van der Waals surface area contributed by atoms with E-state index in [2.05, 4.69) is 21.2 Å². The number of rotatable bonds is 5. The lowest BCUT2D eigenvalue weighted by molar-refractivity contribution is -0.116. The summed E-state index contributed by atoms with van der Waals surface area (Å²) in [5.74, 6) is -0.437. The van der Waals surface area contributed by atoms with Gasteiger partial charge >= 0.3 is 0 Å². The van der Waals surface area contributed by atoms with Gasteiger partial charge in [-0.3, -0.25) is 9.10 Å². The van der Waals surface area contributed by atoms with Crippen molar-refractivity contribution in [3.8, 4) is 0 Å². The molecule has 1 atom stereocenters. The monoisotopic (exact) mass is 430 g/mol. The largest absolute Gasteiger partial charge is 0.324 e. The summed E-state index contributed by atoms with van der Waals surface area (Å²) in [5, 5.41) is 3.20. The summed E-state index contributed by atoms with van der Waals surface area (Å²) >= 11 is 9.17. The quantitative estimate of drug-likeness (QED) is 0.781. The second-order valence-corrected chi connectivity index (χ2v) is 8.42. The third-order valence-corrected chi connectivity index (χ3v) is 5.25. The molecular weight excluding hydrogens is 416 g/mol. The van der Waals surface area contributed by atoms with Gasteiger partial charge in [-0.2, -0.15) is 0 Å². The van der Waals surface area contributed by atoms with E-state index in [1.807, 2.05) is 6.07 Å². The van der Waals surface area contributed by atoms with Crippen molar-refractivity contribution in [2.45, 2.75) is 13.0 Å². The number of halogens is 2. The van der Waals surface area contributed by atoms with Gasteiger partial charge in [0.1, 0.15) is 6.04 Å². The predicted molar refractivity (Wildman–Crippen MR) is 101 cm³/mol. The zero-order valence-corrected chi connectivity index (χ0v) is 16.2. The lowest BCUT2D eigenvalue weighted by Gasteiger charge is -2.28. The fourth-order valence-corrected chi connectivity index (χ4v) is 3.91. The fourth-order valence-electron chi connectivity index (χ4n) is 2.21. The predicted octanol–water partition coefficient (Wildman–Crippen LogP) is 3.90. The van der Waals surface area contributed by atoms with Crippen LogP contribution in [0.1, 0.15) is 6.92 Å². The minimum atomic E-state index is -3.66. The van der Waals surface area contributed by atoms with E-state index in [1.165, 1.54) is 6.92 Å². The highest BCUT2D eigenvalue weighted by atomic mass is 79.9. The van der Waals surface area contributed by atoms with Crippen LogP contribution in [0.5, 0.6) is 0 Å². The topological polar surface area (TPSA) is 66.5 Å². The van der Waals surface area contributed by atoms with E-state index < -0.39 is 22.0 Å². The molecule has 8 heteroatoms. The summed E-state index contributed by atoms with van der Waals surface area (Å²) < 4.78 is 26.2. The van der Waals surface area contributed by atoms with E-state index in [9.17, 15) is 13.2 Å². The number of carbonyl (C=O) groups is 1. The SMILES string of the molecule is C[C@H](C(=O)Nc1cccc(Br)c1)N(c1ccc(Cl)cc1)S(C)(=O)=O. The van der Waals surface area contributed by atoms with Crippen molar-refractivity contribution >= 4 is 54.8 Å². The highest BCUT2D eigenvalue weighted by Gasteiger charge is 2.29. The van der Waals surface area contributed by atoms with E-state index in [0.717, 1.165) is 15.0 Å². The maximum absolute atomic E-state index is 12.5. The lowest BCUT2D eigenvalue weighted by Crippen LogP contribution is -2.45.